The molecule has 7 nitrogen and oxygen atoms in total. The zero-order valence-corrected chi connectivity index (χ0v) is 10.0. The third-order valence-electron chi connectivity index (χ3n) is 2.04. The van der Waals surface area contributed by atoms with Crippen molar-refractivity contribution >= 4 is 34.8 Å². The first-order valence-electron chi connectivity index (χ1n) is 4.50. The SMILES string of the molecule is N[C@@H](C(=O)C(=O)C(Cl)Cl)[C@@H](O)[C@@H](O)[C@H](O)CO. The highest BCUT2D eigenvalue weighted by atomic mass is 35.5. The minimum Gasteiger partial charge on any atom is -0.394 e. The summed E-state index contributed by atoms with van der Waals surface area (Å²) in [5.41, 5.74) is 5.20. The van der Waals surface area contributed by atoms with Crippen LogP contribution >= 0.6 is 23.2 Å². The normalized spacial score (nSPS) is 18.6. The monoisotopic (exact) mass is 289 g/mol. The summed E-state index contributed by atoms with van der Waals surface area (Å²) in [4.78, 5) is 20.7. The summed E-state index contributed by atoms with van der Waals surface area (Å²) < 4.78 is 0. The quantitative estimate of drug-likeness (QED) is 0.254. The predicted octanol–water partition coefficient (Wildman–Crippen LogP) is -2.67. The maximum atomic E-state index is 11.3. The van der Waals surface area contributed by atoms with Crippen molar-refractivity contribution in [1.82, 2.24) is 0 Å². The van der Waals surface area contributed by atoms with Crippen molar-refractivity contribution in [1.29, 1.82) is 0 Å². The van der Waals surface area contributed by atoms with Gasteiger partial charge < -0.3 is 26.2 Å². The molecule has 6 N–H and O–H groups in total. The van der Waals surface area contributed by atoms with Crippen LogP contribution < -0.4 is 5.73 Å². The van der Waals surface area contributed by atoms with Crippen LogP contribution in [-0.2, 0) is 9.59 Å². The average Bonchev–Trinajstić information content (AvgIpc) is 2.32. The van der Waals surface area contributed by atoms with Gasteiger partial charge in [0.15, 0.2) is 4.84 Å². The first-order valence-corrected chi connectivity index (χ1v) is 5.38. The fourth-order valence-electron chi connectivity index (χ4n) is 0.975. The van der Waals surface area contributed by atoms with E-state index in [9.17, 15) is 19.8 Å². The Morgan fingerprint density at radius 3 is 1.88 bits per heavy atom. The van der Waals surface area contributed by atoms with Gasteiger partial charge in [-0.15, -0.1) is 0 Å². The molecule has 0 spiro atoms. The Morgan fingerprint density at radius 1 is 1.06 bits per heavy atom. The third kappa shape index (κ3) is 4.47. The van der Waals surface area contributed by atoms with E-state index >= 15 is 0 Å². The van der Waals surface area contributed by atoms with Gasteiger partial charge in [-0.1, -0.05) is 23.2 Å². The molecule has 0 radical (unpaired) electrons. The zero-order valence-electron chi connectivity index (χ0n) is 8.53. The summed E-state index contributed by atoms with van der Waals surface area (Å²) >= 11 is 10.3. The second kappa shape index (κ2) is 7.22. The molecule has 0 rings (SSSR count). The molecule has 0 fully saturated rings. The predicted molar refractivity (Wildman–Crippen MR) is 58.6 cm³/mol. The Hall–Kier alpha value is -0.280. The molecule has 0 bridgehead atoms. The van der Waals surface area contributed by atoms with Gasteiger partial charge in [-0.3, -0.25) is 9.59 Å². The van der Waals surface area contributed by atoms with Crippen LogP contribution in [0.5, 0.6) is 0 Å². The molecule has 0 amide bonds. The molecule has 0 aliphatic heterocycles. The van der Waals surface area contributed by atoms with Crippen molar-refractivity contribution in [3.63, 3.8) is 0 Å². The van der Waals surface area contributed by atoms with Crippen LogP contribution in [-0.4, -0.2) is 67.8 Å². The summed E-state index contributed by atoms with van der Waals surface area (Å²) in [5.74, 6) is -2.51. The minimum absolute atomic E-state index is 0.847. The number of nitrogens with two attached hydrogens (primary N) is 1. The van der Waals surface area contributed by atoms with Crippen molar-refractivity contribution in [3.05, 3.63) is 0 Å². The fraction of sp³-hybridized carbons (Fsp3) is 0.750. The van der Waals surface area contributed by atoms with E-state index in [0.29, 0.717) is 0 Å². The molecule has 0 aliphatic rings. The molecular formula is C8H13Cl2NO6. The number of ketones is 2. The van der Waals surface area contributed by atoms with Crippen molar-refractivity contribution in [2.24, 2.45) is 5.73 Å². The highest BCUT2D eigenvalue weighted by Crippen LogP contribution is 2.09. The Balaban J connectivity index is 4.65. The second-order valence-electron chi connectivity index (χ2n) is 3.29. The van der Waals surface area contributed by atoms with Crippen LogP contribution in [0.1, 0.15) is 0 Å². The number of hydrogen-bond acceptors (Lipinski definition) is 7. The lowest BCUT2D eigenvalue weighted by atomic mass is 9.97. The highest BCUT2D eigenvalue weighted by molar-refractivity contribution is 6.64. The van der Waals surface area contributed by atoms with Gasteiger partial charge in [-0.2, -0.15) is 0 Å². The molecule has 4 atom stereocenters. The number of alkyl halides is 2. The smallest absolute Gasteiger partial charge is 0.232 e. The van der Waals surface area contributed by atoms with Gasteiger partial charge in [0.2, 0.25) is 11.6 Å². The lowest BCUT2D eigenvalue weighted by Gasteiger charge is -2.25. The van der Waals surface area contributed by atoms with Gasteiger partial charge in [-0.05, 0) is 0 Å². The Kier molecular flexibility index (Phi) is 7.10. The number of aliphatic hydroxyl groups excluding tert-OH is 4. The van der Waals surface area contributed by atoms with Gasteiger partial charge in [-0.25, -0.2) is 0 Å². The van der Waals surface area contributed by atoms with Gasteiger partial charge >= 0.3 is 0 Å². The maximum Gasteiger partial charge on any atom is 0.232 e. The van der Waals surface area contributed by atoms with E-state index < -0.39 is 47.4 Å². The first kappa shape index (κ1) is 16.7. The van der Waals surface area contributed by atoms with E-state index in [1.807, 2.05) is 0 Å². The van der Waals surface area contributed by atoms with Crippen molar-refractivity contribution in [2.45, 2.75) is 29.2 Å². The van der Waals surface area contributed by atoms with E-state index in [4.69, 9.17) is 39.1 Å². The van der Waals surface area contributed by atoms with Crippen LogP contribution in [0.4, 0.5) is 0 Å². The number of rotatable bonds is 7. The zero-order chi connectivity index (χ0) is 13.7. The molecule has 0 aromatic rings. The largest absolute Gasteiger partial charge is 0.394 e. The molecule has 17 heavy (non-hydrogen) atoms. The molecule has 0 unspecified atom stereocenters. The molecule has 0 heterocycles. The van der Waals surface area contributed by atoms with Crippen molar-refractivity contribution in [3.8, 4) is 0 Å². The summed E-state index contributed by atoms with van der Waals surface area (Å²) in [6.45, 7) is -0.847. The number of Topliss-reactive ketones (excluding diaryl/α,β-unsaturated/α-hetero) is 2. The van der Waals surface area contributed by atoms with Crippen molar-refractivity contribution in [2.75, 3.05) is 6.61 Å². The lowest BCUT2D eigenvalue weighted by Crippen LogP contribution is -2.54. The second-order valence-corrected chi connectivity index (χ2v) is 4.38. The van der Waals surface area contributed by atoms with Crippen LogP contribution in [0, 0.1) is 0 Å². The number of halogens is 2. The van der Waals surface area contributed by atoms with E-state index in [1.165, 1.54) is 0 Å². The lowest BCUT2D eigenvalue weighted by molar-refractivity contribution is -0.141. The average molecular weight is 290 g/mol. The molecule has 9 heteroatoms. The van der Waals surface area contributed by atoms with Crippen LogP contribution in [0.25, 0.3) is 0 Å². The molecule has 0 aromatic heterocycles. The van der Waals surface area contributed by atoms with E-state index in [1.54, 1.807) is 0 Å². The Labute approximate surface area is 107 Å². The van der Waals surface area contributed by atoms with Crippen LogP contribution in [0.3, 0.4) is 0 Å². The summed E-state index contributed by atoms with van der Waals surface area (Å²) in [7, 11) is 0. The standard InChI is InChI=1S/C8H13Cl2NO6/c9-8(10)7(17)6(16)3(11)5(15)4(14)2(13)1-12/h2-5,8,12-15H,1,11H2/t2-,3-,4+,5-/m1/s1. The Bertz CT molecular complexity index is 287. The molecule has 100 valence electrons. The molecular weight excluding hydrogens is 277 g/mol. The van der Waals surface area contributed by atoms with Gasteiger partial charge in [0.1, 0.15) is 24.4 Å². The number of hydrogen-bond donors (Lipinski definition) is 5. The molecule has 0 aromatic carbocycles. The van der Waals surface area contributed by atoms with Gasteiger partial charge in [0.05, 0.1) is 6.61 Å². The summed E-state index contributed by atoms with van der Waals surface area (Å²) in [6, 6.07) is -1.79. The van der Waals surface area contributed by atoms with Crippen LogP contribution in [0.15, 0.2) is 0 Å². The molecule has 0 saturated carbocycles. The van der Waals surface area contributed by atoms with Gasteiger partial charge in [0.25, 0.3) is 0 Å². The highest BCUT2D eigenvalue weighted by Gasteiger charge is 2.36. The summed E-state index contributed by atoms with van der Waals surface area (Å²) in [5, 5.41) is 36.2. The number of carbonyl (C=O) groups excluding carboxylic acids is 2. The minimum atomic E-state index is -1.93. The maximum absolute atomic E-state index is 11.3. The topological polar surface area (TPSA) is 141 Å². The molecule has 0 aliphatic carbocycles. The number of carbonyl (C=O) groups is 2. The van der Waals surface area contributed by atoms with Crippen LogP contribution in [0.2, 0.25) is 0 Å². The Morgan fingerprint density at radius 2 is 1.53 bits per heavy atom. The summed E-state index contributed by atoms with van der Waals surface area (Å²) in [6.07, 6.45) is -5.50. The van der Waals surface area contributed by atoms with Crippen molar-refractivity contribution < 1.29 is 30.0 Å². The van der Waals surface area contributed by atoms with E-state index in [2.05, 4.69) is 0 Å². The van der Waals surface area contributed by atoms with E-state index in [-0.39, 0.29) is 0 Å². The fourth-order valence-corrected chi connectivity index (χ4v) is 1.19. The first-order chi connectivity index (χ1) is 7.73. The van der Waals surface area contributed by atoms with Gasteiger partial charge in [0, 0.05) is 0 Å². The third-order valence-corrected chi connectivity index (χ3v) is 2.44. The molecule has 0 saturated heterocycles. The number of aliphatic hydroxyl groups is 4. The van der Waals surface area contributed by atoms with E-state index in [0.717, 1.165) is 0 Å².